The van der Waals surface area contributed by atoms with E-state index in [4.69, 9.17) is 0 Å². The van der Waals surface area contributed by atoms with Gasteiger partial charge in [-0.3, -0.25) is 4.79 Å². The summed E-state index contributed by atoms with van der Waals surface area (Å²) in [5, 5.41) is 0. The molecule has 6 heteroatoms. The minimum absolute atomic E-state index is 0.125. The van der Waals surface area contributed by atoms with Gasteiger partial charge in [-0.1, -0.05) is 12.1 Å². The van der Waals surface area contributed by atoms with Crippen LogP contribution >= 0.6 is 0 Å². The van der Waals surface area contributed by atoms with E-state index in [1.54, 1.807) is 6.07 Å². The van der Waals surface area contributed by atoms with E-state index >= 15 is 0 Å². The number of likely N-dealkylation sites (tertiary alicyclic amines) is 2. The maximum atomic E-state index is 12.7. The second-order valence-electron chi connectivity index (χ2n) is 7.74. The Balaban J connectivity index is 1.51. The summed E-state index contributed by atoms with van der Waals surface area (Å²) in [6.45, 7) is 7.75. The minimum Gasteiger partial charge on any atom is -0.342 e. The van der Waals surface area contributed by atoms with Crippen LogP contribution in [0.2, 0.25) is 0 Å². The fraction of sp³-hybridized carbons (Fsp3) is 0.650. The van der Waals surface area contributed by atoms with Gasteiger partial charge in [0.25, 0.3) is 0 Å². The van der Waals surface area contributed by atoms with Gasteiger partial charge in [0.1, 0.15) is 0 Å². The number of carbonyl (C=O) groups excluding carboxylic acids is 1. The first kappa shape index (κ1) is 19.4. The number of sulfone groups is 1. The number of amides is 1. The average Bonchev–Trinajstić information content (AvgIpc) is 3.16. The Labute approximate surface area is 157 Å². The van der Waals surface area contributed by atoms with Gasteiger partial charge in [-0.05, 0) is 69.8 Å². The van der Waals surface area contributed by atoms with Crippen LogP contribution in [0.4, 0.5) is 0 Å². The molecule has 0 atom stereocenters. The number of rotatable bonds is 5. The number of nitrogens with zero attached hydrogens (tertiary/aromatic N) is 2. The largest absolute Gasteiger partial charge is 0.342 e. The van der Waals surface area contributed by atoms with Crippen molar-refractivity contribution in [2.45, 2.75) is 44.4 Å². The second-order valence-corrected chi connectivity index (χ2v) is 9.81. The Morgan fingerprint density at radius 1 is 1.08 bits per heavy atom. The zero-order valence-electron chi connectivity index (χ0n) is 15.9. The quantitative estimate of drug-likeness (QED) is 0.790. The Morgan fingerprint density at radius 3 is 2.38 bits per heavy atom. The molecule has 1 aromatic rings. The molecule has 144 valence electrons. The van der Waals surface area contributed by atoms with E-state index in [1.165, 1.54) is 0 Å². The first-order valence-electron chi connectivity index (χ1n) is 9.68. The molecule has 1 amide bonds. The Morgan fingerprint density at radius 2 is 1.73 bits per heavy atom. The molecule has 2 heterocycles. The Bertz CT molecular complexity index is 746. The predicted octanol–water partition coefficient (Wildman–Crippen LogP) is 2.41. The van der Waals surface area contributed by atoms with Crippen molar-refractivity contribution in [2.75, 3.05) is 38.5 Å². The maximum Gasteiger partial charge on any atom is 0.225 e. The van der Waals surface area contributed by atoms with E-state index in [-0.39, 0.29) is 11.7 Å². The Hall–Kier alpha value is -1.40. The van der Waals surface area contributed by atoms with Crippen LogP contribution in [0, 0.1) is 19.8 Å². The van der Waals surface area contributed by atoms with E-state index in [2.05, 4.69) is 4.90 Å². The lowest BCUT2D eigenvalue weighted by Gasteiger charge is -2.33. The Kier molecular flexibility index (Phi) is 6.03. The van der Waals surface area contributed by atoms with Gasteiger partial charge in [-0.2, -0.15) is 0 Å². The van der Waals surface area contributed by atoms with Crippen molar-refractivity contribution in [1.29, 1.82) is 0 Å². The smallest absolute Gasteiger partial charge is 0.225 e. The molecule has 0 radical (unpaired) electrons. The minimum atomic E-state index is -3.27. The predicted molar refractivity (Wildman–Crippen MR) is 103 cm³/mol. The highest BCUT2D eigenvalue weighted by Crippen LogP contribution is 2.23. The third kappa shape index (κ3) is 4.46. The lowest BCUT2D eigenvalue weighted by Crippen LogP contribution is -2.42. The van der Waals surface area contributed by atoms with Gasteiger partial charge in [-0.15, -0.1) is 0 Å². The topological polar surface area (TPSA) is 57.7 Å². The molecular formula is C20H30N2O3S. The number of benzene rings is 1. The van der Waals surface area contributed by atoms with E-state index in [0.29, 0.717) is 17.3 Å². The molecule has 1 aromatic carbocycles. The zero-order valence-corrected chi connectivity index (χ0v) is 16.7. The standard InChI is InChI=1S/C20H30N2O3S/c1-16-5-6-17(2)19(15-16)26(24,25)14-13-21-11-7-18(8-12-21)20(23)22-9-3-4-10-22/h5-6,15,18H,3-4,7-14H2,1-2H3. The first-order valence-corrected chi connectivity index (χ1v) is 11.3. The highest BCUT2D eigenvalue weighted by molar-refractivity contribution is 7.91. The number of piperidine rings is 1. The van der Waals surface area contributed by atoms with Gasteiger partial charge >= 0.3 is 0 Å². The molecule has 0 spiro atoms. The molecular weight excluding hydrogens is 348 g/mol. The summed E-state index contributed by atoms with van der Waals surface area (Å²) in [7, 11) is -3.27. The molecule has 3 rings (SSSR count). The highest BCUT2D eigenvalue weighted by atomic mass is 32.2. The lowest BCUT2D eigenvalue weighted by molar-refractivity contribution is -0.135. The summed E-state index contributed by atoms with van der Waals surface area (Å²) in [5.74, 6) is 0.576. The molecule has 2 fully saturated rings. The number of aryl methyl sites for hydroxylation is 2. The van der Waals surface area contributed by atoms with E-state index in [1.807, 2.05) is 30.9 Å². The molecule has 0 aliphatic carbocycles. The molecule has 0 N–H and O–H groups in total. The molecule has 5 nitrogen and oxygen atoms in total. The fourth-order valence-electron chi connectivity index (χ4n) is 4.00. The molecule has 0 saturated carbocycles. The lowest BCUT2D eigenvalue weighted by atomic mass is 9.95. The van der Waals surface area contributed by atoms with Crippen LogP contribution in [0.1, 0.15) is 36.8 Å². The highest BCUT2D eigenvalue weighted by Gasteiger charge is 2.30. The fourth-order valence-corrected chi connectivity index (χ4v) is 5.64. The number of hydrogen-bond donors (Lipinski definition) is 0. The van der Waals surface area contributed by atoms with Gasteiger partial charge in [0.05, 0.1) is 10.6 Å². The number of hydrogen-bond acceptors (Lipinski definition) is 4. The van der Waals surface area contributed by atoms with Crippen LogP contribution in [-0.4, -0.2) is 62.6 Å². The summed E-state index contributed by atoms with van der Waals surface area (Å²) in [4.78, 5) is 17.1. The van der Waals surface area contributed by atoms with E-state index < -0.39 is 9.84 Å². The van der Waals surface area contributed by atoms with Crippen molar-refractivity contribution in [3.05, 3.63) is 29.3 Å². The zero-order chi connectivity index (χ0) is 18.7. The SMILES string of the molecule is Cc1ccc(C)c(S(=O)(=O)CCN2CCC(C(=O)N3CCCC3)CC2)c1. The van der Waals surface area contributed by atoms with Crippen molar-refractivity contribution in [1.82, 2.24) is 9.80 Å². The molecule has 2 saturated heterocycles. The molecule has 2 aliphatic rings. The van der Waals surface area contributed by atoms with Gasteiger partial charge in [0.15, 0.2) is 9.84 Å². The van der Waals surface area contributed by atoms with Gasteiger partial charge < -0.3 is 9.80 Å². The summed E-state index contributed by atoms with van der Waals surface area (Å²) >= 11 is 0. The van der Waals surface area contributed by atoms with Crippen molar-refractivity contribution in [2.24, 2.45) is 5.92 Å². The van der Waals surface area contributed by atoms with Crippen molar-refractivity contribution < 1.29 is 13.2 Å². The van der Waals surface area contributed by atoms with Crippen molar-refractivity contribution in [3.8, 4) is 0 Å². The summed E-state index contributed by atoms with van der Waals surface area (Å²) in [6, 6.07) is 5.58. The molecule has 0 unspecified atom stereocenters. The van der Waals surface area contributed by atoms with Crippen molar-refractivity contribution in [3.63, 3.8) is 0 Å². The third-order valence-corrected chi connectivity index (χ3v) is 7.54. The van der Waals surface area contributed by atoms with Gasteiger partial charge in [-0.25, -0.2) is 8.42 Å². The number of carbonyl (C=O) groups is 1. The second kappa shape index (κ2) is 8.09. The monoisotopic (exact) mass is 378 g/mol. The first-order chi connectivity index (χ1) is 12.4. The van der Waals surface area contributed by atoms with Gasteiger partial charge in [0.2, 0.25) is 5.91 Å². The summed E-state index contributed by atoms with van der Waals surface area (Å²) < 4.78 is 25.4. The van der Waals surface area contributed by atoms with Crippen LogP contribution in [0.5, 0.6) is 0 Å². The van der Waals surface area contributed by atoms with Crippen LogP contribution < -0.4 is 0 Å². The molecule has 0 bridgehead atoms. The van der Waals surface area contributed by atoms with Crippen LogP contribution in [0.3, 0.4) is 0 Å². The third-order valence-electron chi connectivity index (χ3n) is 5.71. The van der Waals surface area contributed by atoms with Crippen LogP contribution in [-0.2, 0) is 14.6 Å². The molecule has 0 aromatic heterocycles. The van der Waals surface area contributed by atoms with Crippen molar-refractivity contribution >= 4 is 15.7 Å². The molecule has 2 aliphatic heterocycles. The van der Waals surface area contributed by atoms with Crippen LogP contribution in [0.15, 0.2) is 23.1 Å². The molecule has 26 heavy (non-hydrogen) atoms. The average molecular weight is 379 g/mol. The van der Waals surface area contributed by atoms with Gasteiger partial charge in [0, 0.05) is 25.6 Å². The summed E-state index contributed by atoms with van der Waals surface area (Å²) in [5.41, 5.74) is 1.78. The normalized spacial score (nSPS) is 19.8. The van der Waals surface area contributed by atoms with E-state index in [0.717, 1.165) is 63.0 Å². The van der Waals surface area contributed by atoms with E-state index in [9.17, 15) is 13.2 Å². The maximum absolute atomic E-state index is 12.7. The summed E-state index contributed by atoms with van der Waals surface area (Å²) in [6.07, 6.45) is 3.94. The van der Waals surface area contributed by atoms with Crippen LogP contribution in [0.25, 0.3) is 0 Å².